The van der Waals surface area contributed by atoms with E-state index in [9.17, 15) is 9.90 Å². The molecule has 0 saturated heterocycles. The van der Waals surface area contributed by atoms with E-state index in [1.807, 2.05) is 0 Å². The molecule has 1 saturated carbocycles. The molecule has 1 rings (SSSR count). The molecule has 1 aliphatic carbocycles. The molecule has 2 atom stereocenters. The Bertz CT molecular complexity index is 247. The number of nitrogens with one attached hydrogen (secondary N) is 2. The maximum Gasteiger partial charge on any atom is 0.264 e. The highest BCUT2D eigenvalue weighted by atomic mass is 32.2. The summed E-state index contributed by atoms with van der Waals surface area (Å²) >= 11 is 1.76. The van der Waals surface area contributed by atoms with E-state index in [0.717, 1.165) is 24.3 Å². The fraction of sp³-hybridized carbons (Fsp3) is 0.917. The largest absolute Gasteiger partial charge is 0.382 e. The Morgan fingerprint density at radius 1 is 1.50 bits per heavy atom. The zero-order chi connectivity index (χ0) is 13.4. The summed E-state index contributed by atoms with van der Waals surface area (Å²) in [5, 5.41) is 9.77. The average molecular weight is 275 g/mol. The highest BCUT2D eigenvalue weighted by Gasteiger charge is 2.23. The van der Waals surface area contributed by atoms with Crippen LogP contribution in [-0.2, 0) is 4.79 Å². The van der Waals surface area contributed by atoms with Crippen LogP contribution in [0.1, 0.15) is 39.0 Å². The van der Waals surface area contributed by atoms with Gasteiger partial charge in [-0.05, 0) is 30.8 Å². The number of carbonyl (C=O) groups is 1. The van der Waals surface area contributed by atoms with E-state index in [0.29, 0.717) is 12.5 Å². The SMILES string of the molecule is CCSCC[C@@H](N)C(O)C(=O)NNC1CCCC1. The number of rotatable bonds is 8. The molecule has 0 aliphatic heterocycles. The molecular formula is C12H25N3O2S. The van der Waals surface area contributed by atoms with E-state index in [1.54, 1.807) is 11.8 Å². The lowest BCUT2D eigenvalue weighted by Gasteiger charge is -2.20. The fourth-order valence-corrected chi connectivity index (χ4v) is 2.76. The summed E-state index contributed by atoms with van der Waals surface area (Å²) in [5.41, 5.74) is 11.3. The number of hydrogen-bond donors (Lipinski definition) is 4. The van der Waals surface area contributed by atoms with Crippen LogP contribution in [0.25, 0.3) is 0 Å². The maximum atomic E-state index is 11.7. The topological polar surface area (TPSA) is 87.4 Å². The van der Waals surface area contributed by atoms with Crippen LogP contribution >= 0.6 is 11.8 Å². The Morgan fingerprint density at radius 2 is 2.17 bits per heavy atom. The predicted molar refractivity (Wildman–Crippen MR) is 75.1 cm³/mol. The summed E-state index contributed by atoms with van der Waals surface area (Å²) in [5.74, 6) is 1.48. The van der Waals surface area contributed by atoms with Gasteiger partial charge in [0.05, 0.1) is 0 Å². The van der Waals surface area contributed by atoms with Gasteiger partial charge < -0.3 is 10.8 Å². The molecule has 0 aromatic carbocycles. The van der Waals surface area contributed by atoms with Gasteiger partial charge in [0, 0.05) is 12.1 Å². The lowest BCUT2D eigenvalue weighted by Crippen LogP contribution is -2.52. The van der Waals surface area contributed by atoms with Crippen LogP contribution in [-0.4, -0.2) is 40.7 Å². The number of nitrogens with two attached hydrogens (primary N) is 1. The third-order valence-electron chi connectivity index (χ3n) is 3.23. The smallest absolute Gasteiger partial charge is 0.264 e. The number of aliphatic hydroxyl groups is 1. The van der Waals surface area contributed by atoms with Crippen molar-refractivity contribution in [1.82, 2.24) is 10.9 Å². The molecule has 18 heavy (non-hydrogen) atoms. The van der Waals surface area contributed by atoms with Crippen molar-refractivity contribution < 1.29 is 9.90 Å². The molecule has 0 radical (unpaired) electrons. The van der Waals surface area contributed by atoms with Crippen molar-refractivity contribution >= 4 is 17.7 Å². The summed E-state index contributed by atoms with van der Waals surface area (Å²) in [6.45, 7) is 2.07. The van der Waals surface area contributed by atoms with Crippen molar-refractivity contribution in [2.75, 3.05) is 11.5 Å². The molecule has 0 heterocycles. The number of carbonyl (C=O) groups excluding carboxylic acids is 1. The van der Waals surface area contributed by atoms with Crippen LogP contribution in [0.2, 0.25) is 0 Å². The fourth-order valence-electron chi connectivity index (χ4n) is 2.03. The van der Waals surface area contributed by atoms with Crippen molar-refractivity contribution in [3.05, 3.63) is 0 Å². The van der Waals surface area contributed by atoms with Gasteiger partial charge in [0.2, 0.25) is 0 Å². The van der Waals surface area contributed by atoms with E-state index < -0.39 is 18.1 Å². The number of hydrazine groups is 1. The molecule has 1 aliphatic rings. The van der Waals surface area contributed by atoms with Crippen LogP contribution in [0.5, 0.6) is 0 Å². The van der Waals surface area contributed by atoms with E-state index >= 15 is 0 Å². The van der Waals surface area contributed by atoms with Crippen LogP contribution in [0.4, 0.5) is 0 Å². The zero-order valence-corrected chi connectivity index (χ0v) is 11.8. The quantitative estimate of drug-likeness (QED) is 0.380. The number of amides is 1. The maximum absolute atomic E-state index is 11.7. The number of aliphatic hydroxyl groups excluding tert-OH is 1. The second kappa shape index (κ2) is 8.74. The van der Waals surface area contributed by atoms with Gasteiger partial charge in [0.1, 0.15) is 6.10 Å². The molecule has 5 nitrogen and oxygen atoms in total. The average Bonchev–Trinajstić information content (AvgIpc) is 2.88. The van der Waals surface area contributed by atoms with Crippen LogP contribution < -0.4 is 16.6 Å². The number of thioether (sulfide) groups is 1. The van der Waals surface area contributed by atoms with Crippen molar-refractivity contribution in [3.63, 3.8) is 0 Å². The molecule has 1 unspecified atom stereocenters. The summed E-state index contributed by atoms with van der Waals surface area (Å²) in [7, 11) is 0. The van der Waals surface area contributed by atoms with Crippen LogP contribution in [0, 0.1) is 0 Å². The van der Waals surface area contributed by atoms with E-state index in [1.165, 1.54) is 12.8 Å². The zero-order valence-electron chi connectivity index (χ0n) is 11.0. The molecule has 6 heteroatoms. The Morgan fingerprint density at radius 3 is 2.78 bits per heavy atom. The standard InChI is InChI=1S/C12H25N3O2S/c1-2-18-8-7-10(13)11(16)12(17)15-14-9-5-3-4-6-9/h9-11,14,16H,2-8,13H2,1H3,(H,15,17)/t10-,11?/m1/s1. The molecular weight excluding hydrogens is 250 g/mol. The minimum Gasteiger partial charge on any atom is -0.382 e. The van der Waals surface area contributed by atoms with E-state index in [2.05, 4.69) is 17.8 Å². The molecule has 1 amide bonds. The molecule has 106 valence electrons. The second-order valence-electron chi connectivity index (χ2n) is 4.71. The third kappa shape index (κ3) is 5.56. The Kier molecular flexibility index (Phi) is 7.65. The minimum absolute atomic E-state index is 0.341. The minimum atomic E-state index is -1.13. The van der Waals surface area contributed by atoms with Crippen LogP contribution in [0.15, 0.2) is 0 Å². The van der Waals surface area contributed by atoms with Gasteiger partial charge in [-0.1, -0.05) is 19.8 Å². The third-order valence-corrected chi connectivity index (χ3v) is 4.16. The summed E-state index contributed by atoms with van der Waals surface area (Å²) in [6, 6.07) is -0.151. The first-order valence-electron chi connectivity index (χ1n) is 6.72. The Labute approximate surface area is 113 Å². The molecule has 0 aromatic rings. The van der Waals surface area contributed by atoms with Gasteiger partial charge in [-0.2, -0.15) is 11.8 Å². The molecule has 0 aromatic heterocycles. The monoisotopic (exact) mass is 275 g/mol. The van der Waals surface area contributed by atoms with Gasteiger partial charge in [-0.25, -0.2) is 5.43 Å². The molecule has 1 fully saturated rings. The van der Waals surface area contributed by atoms with Gasteiger partial charge in [0.25, 0.3) is 5.91 Å². The lowest BCUT2D eigenvalue weighted by molar-refractivity contribution is -0.131. The van der Waals surface area contributed by atoms with Gasteiger partial charge in [-0.15, -0.1) is 0 Å². The van der Waals surface area contributed by atoms with Crippen molar-refractivity contribution in [2.24, 2.45) is 5.73 Å². The second-order valence-corrected chi connectivity index (χ2v) is 6.10. The van der Waals surface area contributed by atoms with Gasteiger partial charge in [0.15, 0.2) is 0 Å². The first-order valence-corrected chi connectivity index (χ1v) is 7.87. The summed E-state index contributed by atoms with van der Waals surface area (Å²) in [6.07, 6.45) is 4.08. The van der Waals surface area contributed by atoms with Crippen molar-refractivity contribution in [1.29, 1.82) is 0 Å². The lowest BCUT2D eigenvalue weighted by atomic mass is 10.1. The molecule has 5 N–H and O–H groups in total. The summed E-state index contributed by atoms with van der Waals surface area (Å²) in [4.78, 5) is 11.7. The Balaban J connectivity index is 2.17. The first kappa shape index (κ1) is 15.8. The van der Waals surface area contributed by atoms with Crippen LogP contribution in [0.3, 0.4) is 0 Å². The molecule has 0 spiro atoms. The van der Waals surface area contributed by atoms with Gasteiger partial charge >= 0.3 is 0 Å². The summed E-state index contributed by atoms with van der Waals surface area (Å²) < 4.78 is 0. The first-order chi connectivity index (χ1) is 8.65. The number of hydrogen-bond acceptors (Lipinski definition) is 5. The van der Waals surface area contributed by atoms with E-state index in [4.69, 9.17) is 5.73 Å². The predicted octanol–water partition coefficient (Wildman–Crippen LogP) is 0.381. The molecule has 0 bridgehead atoms. The van der Waals surface area contributed by atoms with Crippen molar-refractivity contribution in [3.8, 4) is 0 Å². The van der Waals surface area contributed by atoms with E-state index in [-0.39, 0.29) is 0 Å². The highest BCUT2D eigenvalue weighted by Crippen LogP contribution is 2.16. The normalized spacial score (nSPS) is 19.7. The van der Waals surface area contributed by atoms with Crippen molar-refractivity contribution in [2.45, 2.75) is 57.2 Å². The Hall–Kier alpha value is -0.300. The highest BCUT2D eigenvalue weighted by molar-refractivity contribution is 7.99. The van der Waals surface area contributed by atoms with Gasteiger partial charge in [-0.3, -0.25) is 10.2 Å².